The highest BCUT2D eigenvalue weighted by Crippen LogP contribution is 2.36. The van der Waals surface area contributed by atoms with Gasteiger partial charge in [-0.05, 0) is 12.1 Å². The first kappa shape index (κ1) is 17.2. The summed E-state index contributed by atoms with van der Waals surface area (Å²) < 4.78 is 20.9. The fourth-order valence-electron chi connectivity index (χ4n) is 1.49. The largest absolute Gasteiger partial charge is 0.493 e. The molecule has 106 valence electrons. The minimum Gasteiger partial charge on any atom is -0.493 e. The molecule has 0 atom stereocenters. The number of nitriles is 1. The first-order valence-electron chi connectivity index (χ1n) is 6.00. The van der Waals surface area contributed by atoms with Gasteiger partial charge in [0, 0.05) is 14.2 Å². The molecule has 1 aromatic carbocycles. The molecule has 0 radical (unpaired) electrons. The highest BCUT2D eigenvalue weighted by atomic mass is 16.7. The van der Waals surface area contributed by atoms with Gasteiger partial charge in [0.1, 0.15) is 6.07 Å². The summed E-state index contributed by atoms with van der Waals surface area (Å²) in [6, 6.07) is 7.26. The number of benzene rings is 1. The van der Waals surface area contributed by atoms with E-state index in [2.05, 4.69) is 0 Å². The lowest BCUT2D eigenvalue weighted by Crippen LogP contribution is -2.08. The highest BCUT2D eigenvalue weighted by Gasteiger charge is 2.18. The Morgan fingerprint density at radius 2 is 1.79 bits per heavy atom. The fourth-order valence-corrected chi connectivity index (χ4v) is 1.49. The molecular formula is C14H21NO4. The Labute approximate surface area is 114 Å². The van der Waals surface area contributed by atoms with Crippen LogP contribution in [0.3, 0.4) is 0 Å². The molecule has 0 amide bonds. The molecule has 0 fully saturated rings. The van der Waals surface area contributed by atoms with Gasteiger partial charge in [0.2, 0.25) is 0 Å². The molecule has 0 saturated heterocycles. The molecule has 5 nitrogen and oxygen atoms in total. The molecular weight excluding hydrogens is 246 g/mol. The van der Waals surface area contributed by atoms with Crippen molar-refractivity contribution in [3.63, 3.8) is 0 Å². The van der Waals surface area contributed by atoms with Crippen LogP contribution < -0.4 is 9.47 Å². The molecule has 1 rings (SSSR count). The smallest absolute Gasteiger partial charge is 0.186 e. The van der Waals surface area contributed by atoms with E-state index >= 15 is 0 Å². The van der Waals surface area contributed by atoms with Gasteiger partial charge in [-0.2, -0.15) is 5.26 Å². The van der Waals surface area contributed by atoms with Crippen LogP contribution in [0.15, 0.2) is 18.2 Å². The average Bonchev–Trinajstić information content (AvgIpc) is 2.48. The Bertz CT molecular complexity index is 397. The van der Waals surface area contributed by atoms with Gasteiger partial charge in [0.15, 0.2) is 24.4 Å². The summed E-state index contributed by atoms with van der Waals surface area (Å²) in [5.74, 6) is 1.00. The monoisotopic (exact) mass is 267 g/mol. The Kier molecular flexibility index (Phi) is 9.23. The summed E-state index contributed by atoms with van der Waals surface area (Å²) in [7, 11) is 4.59. The van der Waals surface area contributed by atoms with Gasteiger partial charge in [-0.3, -0.25) is 0 Å². The molecule has 0 N–H and O–H groups in total. The number of rotatable bonds is 6. The number of nitrogens with zero attached hydrogens (tertiary/aromatic N) is 1. The van der Waals surface area contributed by atoms with Crippen LogP contribution in [-0.4, -0.2) is 27.9 Å². The van der Waals surface area contributed by atoms with Crippen molar-refractivity contribution < 1.29 is 18.9 Å². The van der Waals surface area contributed by atoms with Crippen LogP contribution in [-0.2, 0) is 9.47 Å². The molecule has 1 aromatic rings. The van der Waals surface area contributed by atoms with Crippen LogP contribution in [0.1, 0.15) is 25.7 Å². The summed E-state index contributed by atoms with van der Waals surface area (Å²) >= 11 is 0. The Morgan fingerprint density at radius 1 is 1.16 bits per heavy atom. The van der Waals surface area contributed by atoms with Gasteiger partial charge in [0.25, 0.3) is 0 Å². The van der Waals surface area contributed by atoms with Crippen molar-refractivity contribution in [1.82, 2.24) is 0 Å². The second-order valence-electron chi connectivity index (χ2n) is 3.13. The van der Waals surface area contributed by atoms with Crippen molar-refractivity contribution >= 4 is 0 Å². The maximum Gasteiger partial charge on any atom is 0.186 e. The second kappa shape index (κ2) is 10.2. The Hall–Kier alpha value is -1.77. The van der Waals surface area contributed by atoms with Gasteiger partial charge in [-0.15, -0.1) is 0 Å². The van der Waals surface area contributed by atoms with Gasteiger partial charge >= 0.3 is 0 Å². The zero-order chi connectivity index (χ0) is 14.7. The third-order valence-corrected chi connectivity index (χ3v) is 2.19. The lowest BCUT2D eigenvalue weighted by atomic mass is 10.1. The molecule has 19 heavy (non-hydrogen) atoms. The summed E-state index contributed by atoms with van der Waals surface area (Å²) in [5.41, 5.74) is 0.685. The Balaban J connectivity index is 0.00000154. The summed E-state index contributed by atoms with van der Waals surface area (Å²) in [6.45, 7) is 3.94. The van der Waals surface area contributed by atoms with E-state index in [1.807, 2.05) is 19.9 Å². The minimum absolute atomic E-state index is 0.0620. The third-order valence-electron chi connectivity index (χ3n) is 2.19. The van der Waals surface area contributed by atoms with Crippen LogP contribution in [0.2, 0.25) is 0 Å². The molecule has 0 bridgehead atoms. The lowest BCUT2D eigenvalue weighted by molar-refractivity contribution is -0.107. The SMILES string of the molecule is CC.COc1cccc(C(OC)OC)c1OCC#N. The van der Waals surface area contributed by atoms with Crippen molar-refractivity contribution in [1.29, 1.82) is 5.26 Å². The number of hydrogen-bond donors (Lipinski definition) is 0. The standard InChI is InChI=1S/C12H15NO4.C2H6/c1-14-10-6-4-5-9(12(15-2)16-3)11(10)17-8-7-13;1-2/h4-6,12H,8H2,1-3H3;1-2H3. The Morgan fingerprint density at radius 3 is 2.26 bits per heavy atom. The lowest BCUT2D eigenvalue weighted by Gasteiger charge is -2.18. The van der Waals surface area contributed by atoms with Crippen molar-refractivity contribution in [2.75, 3.05) is 27.9 Å². The molecule has 5 heteroatoms. The van der Waals surface area contributed by atoms with Crippen LogP contribution in [0, 0.1) is 11.3 Å². The van der Waals surface area contributed by atoms with Gasteiger partial charge in [-0.25, -0.2) is 0 Å². The van der Waals surface area contributed by atoms with E-state index in [4.69, 9.17) is 24.2 Å². The average molecular weight is 267 g/mol. The molecule has 0 aliphatic rings. The molecule has 0 aliphatic heterocycles. The van der Waals surface area contributed by atoms with Crippen molar-refractivity contribution in [2.45, 2.75) is 20.1 Å². The molecule has 0 unspecified atom stereocenters. The van der Waals surface area contributed by atoms with Crippen molar-refractivity contribution in [3.8, 4) is 17.6 Å². The van der Waals surface area contributed by atoms with Crippen LogP contribution in [0.5, 0.6) is 11.5 Å². The highest BCUT2D eigenvalue weighted by molar-refractivity contribution is 5.47. The number of para-hydroxylation sites is 1. The van der Waals surface area contributed by atoms with Crippen LogP contribution in [0.4, 0.5) is 0 Å². The van der Waals surface area contributed by atoms with E-state index in [0.717, 1.165) is 0 Å². The molecule has 0 saturated carbocycles. The van der Waals surface area contributed by atoms with E-state index in [0.29, 0.717) is 17.1 Å². The quantitative estimate of drug-likeness (QED) is 0.742. The topological polar surface area (TPSA) is 60.7 Å². The van der Waals surface area contributed by atoms with E-state index in [1.165, 1.54) is 21.3 Å². The summed E-state index contributed by atoms with van der Waals surface area (Å²) in [6.07, 6.45) is -0.557. The minimum atomic E-state index is -0.557. The van der Waals surface area contributed by atoms with Crippen molar-refractivity contribution in [2.24, 2.45) is 0 Å². The molecule has 0 heterocycles. The zero-order valence-electron chi connectivity index (χ0n) is 12.1. The first-order valence-corrected chi connectivity index (χ1v) is 6.00. The first-order chi connectivity index (χ1) is 9.28. The zero-order valence-corrected chi connectivity index (χ0v) is 12.1. The van der Waals surface area contributed by atoms with Crippen LogP contribution in [0.25, 0.3) is 0 Å². The molecule has 0 aromatic heterocycles. The van der Waals surface area contributed by atoms with Gasteiger partial charge < -0.3 is 18.9 Å². The number of methoxy groups -OCH3 is 3. The number of ether oxygens (including phenoxy) is 4. The number of hydrogen-bond acceptors (Lipinski definition) is 5. The van der Waals surface area contributed by atoms with Gasteiger partial charge in [0.05, 0.1) is 12.7 Å². The maximum absolute atomic E-state index is 8.56. The summed E-state index contributed by atoms with van der Waals surface area (Å²) in [4.78, 5) is 0. The van der Waals surface area contributed by atoms with Crippen molar-refractivity contribution in [3.05, 3.63) is 23.8 Å². The van der Waals surface area contributed by atoms with Gasteiger partial charge in [-0.1, -0.05) is 19.9 Å². The summed E-state index contributed by atoms with van der Waals surface area (Å²) in [5, 5.41) is 8.56. The predicted octanol–water partition coefficient (Wildman–Crippen LogP) is 2.92. The fraction of sp³-hybridized carbons (Fsp3) is 0.500. The van der Waals surface area contributed by atoms with E-state index < -0.39 is 6.29 Å². The predicted molar refractivity (Wildman–Crippen MR) is 72.2 cm³/mol. The molecule has 0 spiro atoms. The molecule has 0 aliphatic carbocycles. The van der Waals surface area contributed by atoms with E-state index in [1.54, 1.807) is 18.2 Å². The normalized spacial score (nSPS) is 9.32. The van der Waals surface area contributed by atoms with E-state index in [-0.39, 0.29) is 6.61 Å². The van der Waals surface area contributed by atoms with E-state index in [9.17, 15) is 0 Å². The maximum atomic E-state index is 8.56. The second-order valence-corrected chi connectivity index (χ2v) is 3.13. The van der Waals surface area contributed by atoms with Crippen LogP contribution >= 0.6 is 0 Å². The third kappa shape index (κ3) is 4.78.